The fourth-order valence-corrected chi connectivity index (χ4v) is 3.15. The molecule has 0 unspecified atom stereocenters. The molecule has 0 saturated carbocycles. The lowest BCUT2D eigenvalue weighted by Crippen LogP contribution is -2.47. The maximum absolute atomic E-state index is 12.3. The highest BCUT2D eigenvalue weighted by Gasteiger charge is 2.40. The molecule has 0 spiro atoms. The van der Waals surface area contributed by atoms with Crippen molar-refractivity contribution in [3.8, 4) is 0 Å². The zero-order valence-corrected chi connectivity index (χ0v) is 15.1. The second-order valence-electron chi connectivity index (χ2n) is 7.45. The van der Waals surface area contributed by atoms with Crippen LogP contribution in [0, 0.1) is 11.8 Å². The maximum atomic E-state index is 12.3. The minimum absolute atomic E-state index is 0.00558. The molecule has 3 atom stereocenters. The van der Waals surface area contributed by atoms with Gasteiger partial charge in [0, 0.05) is 5.92 Å². The highest BCUT2D eigenvalue weighted by Crippen LogP contribution is 2.37. The Morgan fingerprint density at radius 3 is 1.84 bits per heavy atom. The fourth-order valence-electron chi connectivity index (χ4n) is 1.79. The third kappa shape index (κ3) is 5.01. The Morgan fingerprint density at radius 1 is 1.11 bits per heavy atom. The predicted molar refractivity (Wildman–Crippen MR) is 82.8 cm³/mol. The molecule has 0 aliphatic carbocycles. The molecule has 0 fully saturated rings. The summed E-state index contributed by atoms with van der Waals surface area (Å²) in [6.07, 6.45) is -1.04. The van der Waals surface area contributed by atoms with Gasteiger partial charge in [0.25, 0.3) is 0 Å². The number of hydrogen-bond donors (Lipinski definition) is 1. The summed E-state index contributed by atoms with van der Waals surface area (Å²) in [5.74, 6) is -0.287. The Labute approximate surface area is 119 Å². The van der Waals surface area contributed by atoms with Gasteiger partial charge in [0.05, 0.1) is 6.10 Å². The normalized spacial score (nSPS) is 18.3. The lowest BCUT2D eigenvalue weighted by molar-refractivity contribution is -0.133. The number of Topliss-reactive ketones (excluding diaryl/α,β-unsaturated/α-hetero) is 1. The molecule has 0 aromatic heterocycles. The first-order chi connectivity index (χ1) is 8.31. The van der Waals surface area contributed by atoms with Crippen LogP contribution in [0.4, 0.5) is 0 Å². The van der Waals surface area contributed by atoms with Crippen molar-refractivity contribution in [1.82, 2.24) is 0 Å². The number of ketones is 1. The maximum Gasteiger partial charge on any atom is 0.193 e. The quantitative estimate of drug-likeness (QED) is 0.759. The summed E-state index contributed by atoms with van der Waals surface area (Å²) in [6, 6.07) is 0. The molecule has 0 aromatic rings. The van der Waals surface area contributed by atoms with Gasteiger partial charge in [0.15, 0.2) is 14.1 Å². The van der Waals surface area contributed by atoms with E-state index in [9.17, 15) is 9.90 Å². The molecule has 0 radical (unpaired) electrons. The Kier molecular flexibility index (Phi) is 6.44. The molecular weight excluding hydrogens is 256 g/mol. The first-order valence-electron chi connectivity index (χ1n) is 7.21. The van der Waals surface area contributed by atoms with Gasteiger partial charge in [0.1, 0.15) is 6.10 Å². The standard InChI is InChI=1S/C15H32O3Si/c1-10(2)13(16)11(3)14(17)12(4)18-19(8,9)15(5,6)7/h10-13,16H,1-9H3/t11-,12+,13-/m1/s1. The van der Waals surface area contributed by atoms with E-state index in [0.29, 0.717) is 0 Å². The van der Waals surface area contributed by atoms with Crippen molar-refractivity contribution in [2.45, 2.75) is 78.8 Å². The second kappa shape index (κ2) is 6.51. The van der Waals surface area contributed by atoms with Gasteiger partial charge in [-0.25, -0.2) is 0 Å². The predicted octanol–water partition coefficient (Wildman–Crippen LogP) is 3.62. The van der Waals surface area contributed by atoms with E-state index in [-0.39, 0.29) is 22.7 Å². The van der Waals surface area contributed by atoms with Crippen molar-refractivity contribution < 1.29 is 14.3 Å². The van der Waals surface area contributed by atoms with Crippen LogP contribution in [-0.4, -0.2) is 31.4 Å². The third-order valence-electron chi connectivity index (χ3n) is 4.32. The topological polar surface area (TPSA) is 46.5 Å². The molecular formula is C15H32O3Si. The number of aliphatic hydroxyl groups excluding tert-OH is 1. The Bertz CT molecular complexity index is 305. The van der Waals surface area contributed by atoms with Crippen LogP contribution in [0.15, 0.2) is 0 Å². The van der Waals surface area contributed by atoms with Crippen molar-refractivity contribution in [1.29, 1.82) is 0 Å². The number of carbonyl (C=O) groups is 1. The van der Waals surface area contributed by atoms with E-state index >= 15 is 0 Å². The van der Waals surface area contributed by atoms with Crippen molar-refractivity contribution in [3.05, 3.63) is 0 Å². The molecule has 0 bridgehead atoms. The monoisotopic (exact) mass is 288 g/mol. The molecule has 0 heterocycles. The summed E-state index contributed by atoms with van der Waals surface area (Å²) >= 11 is 0. The molecule has 0 amide bonds. The van der Waals surface area contributed by atoms with Gasteiger partial charge < -0.3 is 9.53 Å². The first kappa shape index (κ1) is 18.8. The average molecular weight is 289 g/mol. The van der Waals surface area contributed by atoms with Crippen molar-refractivity contribution in [2.75, 3.05) is 0 Å². The van der Waals surface area contributed by atoms with Crippen LogP contribution < -0.4 is 0 Å². The molecule has 3 nitrogen and oxygen atoms in total. The largest absolute Gasteiger partial charge is 0.407 e. The van der Waals surface area contributed by atoms with Crippen LogP contribution in [-0.2, 0) is 9.22 Å². The average Bonchev–Trinajstić information content (AvgIpc) is 2.23. The summed E-state index contributed by atoms with van der Waals surface area (Å²) in [7, 11) is -1.94. The summed E-state index contributed by atoms with van der Waals surface area (Å²) in [5.41, 5.74) is 0. The molecule has 19 heavy (non-hydrogen) atoms. The van der Waals surface area contributed by atoms with Crippen molar-refractivity contribution >= 4 is 14.1 Å². The number of carbonyl (C=O) groups excluding carboxylic acids is 1. The van der Waals surface area contributed by atoms with Crippen LogP contribution in [0.5, 0.6) is 0 Å². The number of aliphatic hydroxyl groups is 1. The van der Waals surface area contributed by atoms with E-state index in [4.69, 9.17) is 4.43 Å². The number of hydrogen-bond acceptors (Lipinski definition) is 3. The molecule has 0 saturated heterocycles. The van der Waals surface area contributed by atoms with Gasteiger partial charge in [-0.3, -0.25) is 4.79 Å². The van der Waals surface area contributed by atoms with Gasteiger partial charge in [-0.1, -0.05) is 41.5 Å². The third-order valence-corrected chi connectivity index (χ3v) is 8.88. The highest BCUT2D eigenvalue weighted by atomic mass is 28.4. The first-order valence-corrected chi connectivity index (χ1v) is 10.1. The van der Waals surface area contributed by atoms with Crippen molar-refractivity contribution in [3.63, 3.8) is 0 Å². The second-order valence-corrected chi connectivity index (χ2v) is 12.2. The molecule has 0 rings (SSSR count). The van der Waals surface area contributed by atoms with E-state index < -0.39 is 20.5 Å². The van der Waals surface area contributed by atoms with E-state index in [0.717, 1.165) is 0 Å². The summed E-state index contributed by atoms with van der Waals surface area (Å²) in [4.78, 5) is 12.3. The van der Waals surface area contributed by atoms with E-state index in [2.05, 4.69) is 33.9 Å². The Hall–Kier alpha value is -0.193. The smallest absolute Gasteiger partial charge is 0.193 e. The zero-order valence-electron chi connectivity index (χ0n) is 14.1. The van der Waals surface area contributed by atoms with Gasteiger partial charge in [-0.2, -0.15) is 0 Å². The molecule has 4 heteroatoms. The summed E-state index contributed by atoms with van der Waals surface area (Å²) in [5, 5.41) is 10.1. The fraction of sp³-hybridized carbons (Fsp3) is 0.933. The molecule has 0 aromatic carbocycles. The lowest BCUT2D eigenvalue weighted by Gasteiger charge is -2.38. The lowest BCUT2D eigenvalue weighted by atomic mass is 9.90. The van der Waals surface area contributed by atoms with Gasteiger partial charge in [0.2, 0.25) is 0 Å². The van der Waals surface area contributed by atoms with Crippen LogP contribution in [0.2, 0.25) is 18.1 Å². The van der Waals surface area contributed by atoms with Crippen LogP contribution in [0.25, 0.3) is 0 Å². The van der Waals surface area contributed by atoms with Gasteiger partial charge >= 0.3 is 0 Å². The molecule has 0 aliphatic rings. The van der Waals surface area contributed by atoms with E-state index in [1.807, 2.05) is 20.8 Å². The van der Waals surface area contributed by atoms with Crippen LogP contribution in [0.1, 0.15) is 48.5 Å². The number of rotatable bonds is 6. The Balaban J connectivity index is 4.77. The SMILES string of the molecule is CC(C)[C@@H](O)[C@@H](C)C(=O)[C@H](C)O[Si](C)(C)C(C)(C)C. The molecule has 0 aliphatic heterocycles. The minimum Gasteiger partial charge on any atom is -0.407 e. The minimum atomic E-state index is -1.94. The van der Waals surface area contributed by atoms with Crippen LogP contribution in [0.3, 0.4) is 0 Å². The summed E-state index contributed by atoms with van der Waals surface area (Å²) in [6.45, 7) is 18.2. The van der Waals surface area contributed by atoms with Gasteiger partial charge in [-0.05, 0) is 31.0 Å². The summed E-state index contributed by atoms with van der Waals surface area (Å²) < 4.78 is 6.09. The van der Waals surface area contributed by atoms with Crippen molar-refractivity contribution in [2.24, 2.45) is 11.8 Å². The van der Waals surface area contributed by atoms with Gasteiger partial charge in [-0.15, -0.1) is 0 Å². The molecule has 1 N–H and O–H groups in total. The van der Waals surface area contributed by atoms with E-state index in [1.54, 1.807) is 6.92 Å². The Morgan fingerprint density at radius 2 is 1.53 bits per heavy atom. The van der Waals surface area contributed by atoms with Crippen LogP contribution >= 0.6 is 0 Å². The zero-order chi connectivity index (χ0) is 15.6. The molecule has 114 valence electrons. The highest BCUT2D eigenvalue weighted by molar-refractivity contribution is 6.74. The van der Waals surface area contributed by atoms with E-state index in [1.165, 1.54) is 0 Å².